The molecule has 1 heterocycles. The van der Waals surface area contributed by atoms with Crippen molar-refractivity contribution in [1.82, 2.24) is 4.98 Å². The predicted octanol–water partition coefficient (Wildman–Crippen LogP) is 2.02. The van der Waals surface area contributed by atoms with Gasteiger partial charge in [0.2, 0.25) is 0 Å². The van der Waals surface area contributed by atoms with Crippen molar-refractivity contribution in [1.29, 1.82) is 0 Å². The van der Waals surface area contributed by atoms with Crippen molar-refractivity contribution in [3.63, 3.8) is 0 Å². The van der Waals surface area contributed by atoms with E-state index in [0.717, 1.165) is 23.5 Å². The summed E-state index contributed by atoms with van der Waals surface area (Å²) in [5.74, 6) is 0.564. The number of rotatable bonds is 4. The second-order valence-corrected chi connectivity index (χ2v) is 4.64. The van der Waals surface area contributed by atoms with Crippen LogP contribution < -0.4 is 0 Å². The minimum atomic E-state index is -0.143. The largest absolute Gasteiger partial charge is 0.392 e. The molecule has 1 aliphatic carbocycles. The van der Waals surface area contributed by atoms with E-state index in [0.29, 0.717) is 5.92 Å². The highest BCUT2D eigenvalue weighted by Crippen LogP contribution is 2.34. The Hall–Kier alpha value is -0.410. The van der Waals surface area contributed by atoms with Crippen LogP contribution >= 0.6 is 11.3 Å². The molecule has 0 saturated heterocycles. The second-order valence-electron chi connectivity index (χ2n) is 3.70. The zero-order chi connectivity index (χ0) is 9.26. The van der Waals surface area contributed by atoms with Crippen molar-refractivity contribution in [2.75, 3.05) is 0 Å². The van der Waals surface area contributed by atoms with Crippen molar-refractivity contribution < 1.29 is 5.11 Å². The van der Waals surface area contributed by atoms with Gasteiger partial charge < -0.3 is 5.11 Å². The third-order valence-electron chi connectivity index (χ3n) is 2.51. The van der Waals surface area contributed by atoms with Crippen LogP contribution in [0.1, 0.15) is 30.5 Å². The standard InChI is InChI=1S/C10H15NOS/c1-2-8-6-13-10(11-8)5-9(12)7-3-4-7/h6-7,9,12H,2-5H2,1H3. The quantitative estimate of drug-likeness (QED) is 0.801. The zero-order valence-corrected chi connectivity index (χ0v) is 8.68. The van der Waals surface area contributed by atoms with E-state index in [1.165, 1.54) is 12.8 Å². The minimum Gasteiger partial charge on any atom is -0.392 e. The molecule has 0 aliphatic heterocycles. The van der Waals surface area contributed by atoms with Crippen LogP contribution in [-0.4, -0.2) is 16.2 Å². The fourth-order valence-electron chi connectivity index (χ4n) is 1.43. The summed E-state index contributed by atoms with van der Waals surface area (Å²) in [7, 11) is 0. The van der Waals surface area contributed by atoms with E-state index < -0.39 is 0 Å². The summed E-state index contributed by atoms with van der Waals surface area (Å²) in [5, 5.41) is 12.9. The van der Waals surface area contributed by atoms with Gasteiger partial charge in [-0.15, -0.1) is 11.3 Å². The van der Waals surface area contributed by atoms with Gasteiger partial charge in [0.05, 0.1) is 16.8 Å². The Morgan fingerprint density at radius 2 is 2.46 bits per heavy atom. The molecule has 1 atom stereocenters. The first kappa shape index (κ1) is 9.16. The van der Waals surface area contributed by atoms with Gasteiger partial charge >= 0.3 is 0 Å². The first-order valence-electron chi connectivity index (χ1n) is 4.91. The number of aryl methyl sites for hydroxylation is 1. The molecule has 2 rings (SSSR count). The smallest absolute Gasteiger partial charge is 0.0954 e. The molecule has 1 fully saturated rings. The summed E-state index contributed by atoms with van der Waals surface area (Å²) in [6, 6.07) is 0. The molecular formula is C10H15NOS. The number of aromatic nitrogens is 1. The molecule has 0 aromatic carbocycles. The van der Waals surface area contributed by atoms with Gasteiger partial charge in [0.25, 0.3) is 0 Å². The van der Waals surface area contributed by atoms with Crippen molar-refractivity contribution in [2.45, 2.75) is 38.7 Å². The molecular weight excluding hydrogens is 182 g/mol. The third-order valence-corrected chi connectivity index (χ3v) is 3.43. The third kappa shape index (κ3) is 2.29. The minimum absolute atomic E-state index is 0.143. The Bertz CT molecular complexity index is 280. The zero-order valence-electron chi connectivity index (χ0n) is 7.86. The Morgan fingerprint density at radius 3 is 3.00 bits per heavy atom. The fourth-order valence-corrected chi connectivity index (χ4v) is 2.36. The topological polar surface area (TPSA) is 33.1 Å². The van der Waals surface area contributed by atoms with E-state index in [4.69, 9.17) is 0 Å². The van der Waals surface area contributed by atoms with Crippen molar-refractivity contribution >= 4 is 11.3 Å². The number of nitrogens with zero attached hydrogens (tertiary/aromatic N) is 1. The summed E-state index contributed by atoms with van der Waals surface area (Å²) in [4.78, 5) is 4.44. The van der Waals surface area contributed by atoms with Gasteiger partial charge in [-0.05, 0) is 25.2 Å². The average molecular weight is 197 g/mol. The Labute approximate surface area is 82.6 Å². The SMILES string of the molecule is CCc1csc(CC(O)C2CC2)n1. The maximum atomic E-state index is 9.69. The summed E-state index contributed by atoms with van der Waals surface area (Å²) in [6.45, 7) is 2.11. The monoisotopic (exact) mass is 197 g/mol. The first-order chi connectivity index (χ1) is 6.29. The number of hydrogen-bond donors (Lipinski definition) is 1. The highest BCUT2D eigenvalue weighted by atomic mass is 32.1. The van der Waals surface area contributed by atoms with Crippen molar-refractivity contribution in [3.8, 4) is 0 Å². The first-order valence-corrected chi connectivity index (χ1v) is 5.79. The van der Waals surface area contributed by atoms with Gasteiger partial charge in [-0.1, -0.05) is 6.92 Å². The number of thiazole rings is 1. The van der Waals surface area contributed by atoms with Crippen LogP contribution in [0.4, 0.5) is 0 Å². The number of aliphatic hydroxyl groups excluding tert-OH is 1. The summed E-state index contributed by atoms with van der Waals surface area (Å²) >= 11 is 1.68. The lowest BCUT2D eigenvalue weighted by Crippen LogP contribution is -2.12. The van der Waals surface area contributed by atoms with E-state index in [2.05, 4.69) is 17.3 Å². The normalized spacial score (nSPS) is 18.9. The lowest BCUT2D eigenvalue weighted by atomic mass is 10.2. The summed E-state index contributed by atoms with van der Waals surface area (Å²) in [5.41, 5.74) is 1.16. The van der Waals surface area contributed by atoms with Gasteiger partial charge in [-0.3, -0.25) is 0 Å². The molecule has 0 radical (unpaired) electrons. The molecule has 3 heteroatoms. The summed E-state index contributed by atoms with van der Waals surface area (Å²) < 4.78 is 0. The highest BCUT2D eigenvalue weighted by molar-refractivity contribution is 7.09. The Kier molecular flexibility index (Phi) is 2.65. The molecule has 1 aromatic heterocycles. The van der Waals surface area contributed by atoms with E-state index >= 15 is 0 Å². The van der Waals surface area contributed by atoms with Crippen molar-refractivity contribution in [3.05, 3.63) is 16.1 Å². The second kappa shape index (κ2) is 3.76. The molecule has 1 saturated carbocycles. The van der Waals surface area contributed by atoms with Gasteiger partial charge in [0.1, 0.15) is 0 Å². The lowest BCUT2D eigenvalue weighted by Gasteiger charge is -2.04. The van der Waals surface area contributed by atoms with Crippen molar-refractivity contribution in [2.24, 2.45) is 5.92 Å². The lowest BCUT2D eigenvalue weighted by molar-refractivity contribution is 0.151. The van der Waals surface area contributed by atoms with Crippen LogP contribution in [0.15, 0.2) is 5.38 Å². The van der Waals surface area contributed by atoms with Crippen LogP contribution in [0, 0.1) is 5.92 Å². The maximum absolute atomic E-state index is 9.69. The van der Waals surface area contributed by atoms with E-state index in [-0.39, 0.29) is 6.10 Å². The molecule has 1 N–H and O–H groups in total. The van der Waals surface area contributed by atoms with Gasteiger partial charge in [0, 0.05) is 11.8 Å². The van der Waals surface area contributed by atoms with E-state index in [1.54, 1.807) is 11.3 Å². The Morgan fingerprint density at radius 1 is 1.69 bits per heavy atom. The van der Waals surface area contributed by atoms with Gasteiger partial charge in [-0.25, -0.2) is 4.98 Å². The highest BCUT2D eigenvalue weighted by Gasteiger charge is 2.30. The molecule has 72 valence electrons. The number of aliphatic hydroxyl groups is 1. The molecule has 0 spiro atoms. The molecule has 1 aromatic rings. The number of hydrogen-bond acceptors (Lipinski definition) is 3. The predicted molar refractivity (Wildman–Crippen MR) is 53.9 cm³/mol. The summed E-state index contributed by atoms with van der Waals surface area (Å²) in [6.07, 6.45) is 4.02. The van der Waals surface area contributed by atoms with Crippen LogP contribution in [0.2, 0.25) is 0 Å². The molecule has 13 heavy (non-hydrogen) atoms. The van der Waals surface area contributed by atoms with Crippen LogP contribution in [-0.2, 0) is 12.8 Å². The average Bonchev–Trinajstić information content (AvgIpc) is 2.88. The van der Waals surface area contributed by atoms with Crippen LogP contribution in [0.25, 0.3) is 0 Å². The van der Waals surface area contributed by atoms with E-state index in [9.17, 15) is 5.11 Å². The maximum Gasteiger partial charge on any atom is 0.0954 e. The molecule has 1 unspecified atom stereocenters. The molecule has 1 aliphatic rings. The Balaban J connectivity index is 1.92. The van der Waals surface area contributed by atoms with Crippen LogP contribution in [0.5, 0.6) is 0 Å². The van der Waals surface area contributed by atoms with Gasteiger partial charge in [-0.2, -0.15) is 0 Å². The van der Waals surface area contributed by atoms with Crippen LogP contribution in [0.3, 0.4) is 0 Å². The molecule has 0 bridgehead atoms. The molecule has 0 amide bonds. The fraction of sp³-hybridized carbons (Fsp3) is 0.700. The van der Waals surface area contributed by atoms with E-state index in [1.807, 2.05) is 0 Å². The van der Waals surface area contributed by atoms with Gasteiger partial charge in [0.15, 0.2) is 0 Å². The molecule has 2 nitrogen and oxygen atoms in total.